The molecule has 102 valence electrons. The Kier molecular flexibility index (Phi) is 6.04. The topological polar surface area (TPSA) is 66.9 Å². The summed E-state index contributed by atoms with van der Waals surface area (Å²) in [5.74, 6) is 2.41. The molecule has 0 amide bonds. The second-order valence-corrected chi connectivity index (χ2v) is 5.89. The van der Waals surface area contributed by atoms with Crippen LogP contribution in [-0.2, 0) is 10.8 Å². The number of anilines is 2. The van der Waals surface area contributed by atoms with E-state index in [9.17, 15) is 4.21 Å². The fourth-order valence-electron chi connectivity index (χ4n) is 1.59. The van der Waals surface area contributed by atoms with Crippen LogP contribution in [0, 0.1) is 6.92 Å². The summed E-state index contributed by atoms with van der Waals surface area (Å²) in [4.78, 5) is 8.45. The molecule has 0 spiro atoms. The molecule has 2 unspecified atom stereocenters. The first-order valence-corrected chi connectivity index (χ1v) is 7.89. The van der Waals surface area contributed by atoms with E-state index in [-0.39, 0.29) is 6.04 Å². The molecule has 1 rings (SSSR count). The molecule has 1 aromatic heterocycles. The lowest BCUT2D eigenvalue weighted by atomic mass is 10.2. The smallest absolute Gasteiger partial charge is 0.134 e. The number of rotatable bonds is 7. The van der Waals surface area contributed by atoms with Gasteiger partial charge in [-0.3, -0.25) is 4.21 Å². The number of hydrogen-bond donors (Lipinski definition) is 2. The molecule has 0 aromatic carbocycles. The Hall–Kier alpha value is -1.17. The molecule has 1 heterocycles. The van der Waals surface area contributed by atoms with Gasteiger partial charge >= 0.3 is 0 Å². The maximum absolute atomic E-state index is 11.1. The lowest BCUT2D eigenvalue weighted by Crippen LogP contribution is -2.20. The minimum Gasteiger partial charge on any atom is -0.370 e. The van der Waals surface area contributed by atoms with Gasteiger partial charge in [-0.25, -0.2) is 9.97 Å². The van der Waals surface area contributed by atoms with Gasteiger partial charge in [-0.1, -0.05) is 0 Å². The zero-order valence-electron chi connectivity index (χ0n) is 11.5. The molecular formula is C12H22N4OS. The van der Waals surface area contributed by atoms with Crippen LogP contribution < -0.4 is 10.6 Å². The predicted octanol–water partition coefficient (Wildman–Crippen LogP) is 1.79. The van der Waals surface area contributed by atoms with Gasteiger partial charge in [-0.05, 0) is 27.2 Å². The summed E-state index contributed by atoms with van der Waals surface area (Å²) in [6.45, 7) is 6.93. The van der Waals surface area contributed by atoms with Gasteiger partial charge in [0.1, 0.15) is 18.0 Å². The Morgan fingerprint density at radius 1 is 1.39 bits per heavy atom. The highest BCUT2D eigenvalue weighted by Crippen LogP contribution is 2.19. The summed E-state index contributed by atoms with van der Waals surface area (Å²) in [5, 5.41) is 6.54. The third kappa shape index (κ3) is 4.60. The average Bonchev–Trinajstić information content (AvgIpc) is 2.32. The highest BCUT2D eigenvalue weighted by molar-refractivity contribution is 7.84. The fraction of sp³-hybridized carbons (Fsp3) is 0.667. The van der Waals surface area contributed by atoms with E-state index >= 15 is 0 Å². The Morgan fingerprint density at radius 2 is 2.06 bits per heavy atom. The molecule has 0 fully saturated rings. The molecule has 5 nitrogen and oxygen atoms in total. The first-order valence-electron chi connectivity index (χ1n) is 6.16. The molecule has 2 atom stereocenters. The number of hydrogen-bond acceptors (Lipinski definition) is 5. The van der Waals surface area contributed by atoms with Crippen LogP contribution in [0.2, 0.25) is 0 Å². The molecular weight excluding hydrogens is 248 g/mol. The summed E-state index contributed by atoms with van der Waals surface area (Å²) >= 11 is 0. The Balaban J connectivity index is 2.66. The molecule has 0 saturated heterocycles. The first-order chi connectivity index (χ1) is 8.54. The first kappa shape index (κ1) is 14.9. The SMILES string of the molecule is CCNc1ncnc(NC(C)CCS(C)=O)c1C. The standard InChI is InChI=1S/C12H22N4OS/c1-5-13-11-10(3)12(15-8-14-11)16-9(2)6-7-18(4)17/h8-9H,5-7H2,1-4H3,(H2,13,14,15,16). The third-order valence-electron chi connectivity index (χ3n) is 2.65. The summed E-state index contributed by atoms with van der Waals surface area (Å²) in [5.41, 5.74) is 1.02. The van der Waals surface area contributed by atoms with Crippen molar-refractivity contribution in [1.82, 2.24) is 9.97 Å². The summed E-state index contributed by atoms with van der Waals surface area (Å²) < 4.78 is 11.1. The normalized spacial score (nSPS) is 14.0. The molecule has 1 aromatic rings. The van der Waals surface area contributed by atoms with Crippen molar-refractivity contribution in [1.29, 1.82) is 0 Å². The summed E-state index contributed by atoms with van der Waals surface area (Å²) in [6.07, 6.45) is 4.15. The van der Waals surface area contributed by atoms with Gasteiger partial charge in [0.2, 0.25) is 0 Å². The van der Waals surface area contributed by atoms with Crippen LogP contribution in [0.3, 0.4) is 0 Å². The van der Waals surface area contributed by atoms with Gasteiger partial charge in [0, 0.05) is 41.0 Å². The molecule has 0 aliphatic heterocycles. The van der Waals surface area contributed by atoms with Gasteiger partial charge < -0.3 is 10.6 Å². The van der Waals surface area contributed by atoms with Gasteiger partial charge in [0.15, 0.2) is 0 Å². The van der Waals surface area contributed by atoms with E-state index < -0.39 is 10.8 Å². The molecule has 0 bridgehead atoms. The Bertz CT molecular complexity index is 411. The van der Waals surface area contributed by atoms with Crippen molar-refractivity contribution in [2.24, 2.45) is 0 Å². The molecule has 6 heteroatoms. The Labute approximate surface area is 111 Å². The van der Waals surface area contributed by atoms with Crippen molar-refractivity contribution in [3.63, 3.8) is 0 Å². The van der Waals surface area contributed by atoms with E-state index in [2.05, 4.69) is 27.5 Å². The second-order valence-electron chi connectivity index (χ2n) is 4.34. The highest BCUT2D eigenvalue weighted by Gasteiger charge is 2.09. The minimum atomic E-state index is -0.742. The van der Waals surface area contributed by atoms with Crippen LogP contribution in [0.5, 0.6) is 0 Å². The van der Waals surface area contributed by atoms with Crippen molar-refractivity contribution in [3.05, 3.63) is 11.9 Å². The minimum absolute atomic E-state index is 0.247. The van der Waals surface area contributed by atoms with E-state index in [1.165, 1.54) is 0 Å². The van der Waals surface area contributed by atoms with E-state index in [1.807, 2.05) is 13.8 Å². The highest BCUT2D eigenvalue weighted by atomic mass is 32.2. The molecule has 0 aliphatic carbocycles. The van der Waals surface area contributed by atoms with Crippen molar-refractivity contribution < 1.29 is 4.21 Å². The molecule has 18 heavy (non-hydrogen) atoms. The van der Waals surface area contributed by atoms with Gasteiger partial charge in [0.25, 0.3) is 0 Å². The molecule has 2 N–H and O–H groups in total. The predicted molar refractivity (Wildman–Crippen MR) is 77.6 cm³/mol. The second kappa shape index (κ2) is 7.31. The Morgan fingerprint density at radius 3 is 2.67 bits per heavy atom. The number of nitrogens with one attached hydrogen (secondary N) is 2. The van der Waals surface area contributed by atoms with Crippen LogP contribution in [-0.4, -0.2) is 38.8 Å². The average molecular weight is 270 g/mol. The van der Waals surface area contributed by atoms with Crippen LogP contribution in [0.25, 0.3) is 0 Å². The van der Waals surface area contributed by atoms with Crippen molar-refractivity contribution in [2.45, 2.75) is 33.2 Å². The lowest BCUT2D eigenvalue weighted by Gasteiger charge is -2.16. The van der Waals surface area contributed by atoms with E-state index in [0.29, 0.717) is 5.75 Å². The summed E-state index contributed by atoms with van der Waals surface area (Å²) in [6, 6.07) is 0.247. The van der Waals surface area contributed by atoms with Crippen molar-refractivity contribution in [2.75, 3.05) is 29.2 Å². The van der Waals surface area contributed by atoms with Crippen LogP contribution in [0.15, 0.2) is 6.33 Å². The van der Waals surface area contributed by atoms with Gasteiger partial charge in [0.05, 0.1) is 0 Å². The maximum atomic E-state index is 11.1. The maximum Gasteiger partial charge on any atom is 0.134 e. The largest absolute Gasteiger partial charge is 0.370 e. The zero-order chi connectivity index (χ0) is 13.5. The number of aromatic nitrogens is 2. The van der Waals surface area contributed by atoms with Crippen molar-refractivity contribution in [3.8, 4) is 0 Å². The lowest BCUT2D eigenvalue weighted by molar-refractivity contribution is 0.678. The zero-order valence-corrected chi connectivity index (χ0v) is 12.3. The van der Waals surface area contributed by atoms with Crippen LogP contribution in [0.1, 0.15) is 25.8 Å². The van der Waals surface area contributed by atoms with E-state index in [0.717, 1.165) is 30.2 Å². The summed E-state index contributed by atoms with van der Waals surface area (Å²) in [7, 11) is -0.742. The third-order valence-corrected chi connectivity index (χ3v) is 3.46. The molecule has 0 radical (unpaired) electrons. The fourth-order valence-corrected chi connectivity index (χ4v) is 2.28. The van der Waals surface area contributed by atoms with E-state index in [1.54, 1.807) is 12.6 Å². The van der Waals surface area contributed by atoms with Crippen molar-refractivity contribution >= 4 is 22.4 Å². The number of nitrogens with zero attached hydrogens (tertiary/aromatic N) is 2. The van der Waals surface area contributed by atoms with E-state index in [4.69, 9.17) is 0 Å². The van der Waals surface area contributed by atoms with Crippen LogP contribution >= 0.6 is 0 Å². The molecule has 0 saturated carbocycles. The quantitative estimate of drug-likeness (QED) is 0.790. The molecule has 0 aliphatic rings. The van der Waals surface area contributed by atoms with Gasteiger partial charge in [-0.15, -0.1) is 0 Å². The monoisotopic (exact) mass is 270 g/mol. The van der Waals surface area contributed by atoms with Crippen LogP contribution in [0.4, 0.5) is 11.6 Å². The van der Waals surface area contributed by atoms with Gasteiger partial charge in [-0.2, -0.15) is 0 Å².